The van der Waals surface area contributed by atoms with Crippen LogP contribution in [0.25, 0.3) is 0 Å². The summed E-state index contributed by atoms with van der Waals surface area (Å²) in [4.78, 5) is 25.0. The topological polar surface area (TPSA) is 51.2 Å². The average Bonchev–Trinajstić information content (AvgIpc) is 2.44. The monoisotopic (exact) mass is 316 g/mol. The Bertz CT molecular complexity index is 711. The second-order valence-electron chi connectivity index (χ2n) is 6.38. The van der Waals surface area contributed by atoms with Crippen LogP contribution in [0.2, 0.25) is 0 Å². The first-order chi connectivity index (χ1) is 10.2. The fourth-order valence-electron chi connectivity index (χ4n) is 2.70. The highest BCUT2D eigenvalue weighted by Gasteiger charge is 2.37. The standard InChI is InChI=1S/C18H21O3P/c1-12-8-9-14(13(2)11-12)16(19)22(21)17(20)15-7-5-6-10-18(15,3)4/h5-11,15,22H,1-4H3. The zero-order valence-electron chi connectivity index (χ0n) is 13.3. The molecule has 0 aliphatic heterocycles. The van der Waals surface area contributed by atoms with Crippen LogP contribution in [-0.2, 0) is 9.36 Å². The van der Waals surface area contributed by atoms with Crippen LogP contribution in [0, 0.1) is 25.2 Å². The average molecular weight is 316 g/mol. The van der Waals surface area contributed by atoms with E-state index in [2.05, 4.69) is 0 Å². The molecule has 0 saturated heterocycles. The number of carbonyl (C=O) groups excluding carboxylic acids is 2. The Morgan fingerprint density at radius 1 is 1.14 bits per heavy atom. The van der Waals surface area contributed by atoms with Gasteiger partial charge < -0.3 is 4.57 Å². The maximum atomic E-state index is 12.5. The van der Waals surface area contributed by atoms with Gasteiger partial charge in [0.05, 0.1) is 5.92 Å². The molecule has 0 spiro atoms. The van der Waals surface area contributed by atoms with Gasteiger partial charge in [-0.1, -0.05) is 61.9 Å². The maximum absolute atomic E-state index is 12.5. The first kappa shape index (κ1) is 16.6. The number of benzene rings is 1. The van der Waals surface area contributed by atoms with Gasteiger partial charge in [0.25, 0.3) is 0 Å². The quantitative estimate of drug-likeness (QED) is 0.778. The van der Waals surface area contributed by atoms with E-state index in [1.54, 1.807) is 31.2 Å². The number of carbonyl (C=O) groups is 2. The van der Waals surface area contributed by atoms with Crippen LogP contribution >= 0.6 is 7.80 Å². The summed E-state index contributed by atoms with van der Waals surface area (Å²) in [6, 6.07) is 5.32. The zero-order valence-corrected chi connectivity index (χ0v) is 14.3. The minimum atomic E-state index is -3.01. The minimum Gasteiger partial charge on any atom is -0.310 e. The number of rotatable bonds is 4. The molecule has 2 atom stereocenters. The van der Waals surface area contributed by atoms with E-state index in [0.717, 1.165) is 11.1 Å². The molecule has 1 aliphatic carbocycles. The van der Waals surface area contributed by atoms with Crippen molar-refractivity contribution in [2.75, 3.05) is 0 Å². The lowest BCUT2D eigenvalue weighted by Crippen LogP contribution is -2.28. The molecule has 2 unspecified atom stereocenters. The molecule has 0 saturated carbocycles. The fourth-order valence-corrected chi connectivity index (χ4v) is 4.20. The summed E-state index contributed by atoms with van der Waals surface area (Å²) in [5, 5.41) is 0. The molecule has 0 heterocycles. The molecule has 0 amide bonds. The van der Waals surface area contributed by atoms with E-state index in [9.17, 15) is 14.2 Å². The van der Waals surface area contributed by atoms with Gasteiger partial charge in [-0.15, -0.1) is 0 Å². The predicted octanol–water partition coefficient (Wildman–Crippen LogP) is 4.30. The molecule has 0 bridgehead atoms. The summed E-state index contributed by atoms with van der Waals surface area (Å²) in [5.74, 6) is -0.515. The van der Waals surface area contributed by atoms with E-state index < -0.39 is 30.2 Å². The summed E-state index contributed by atoms with van der Waals surface area (Å²) in [6.07, 6.45) is 7.28. The summed E-state index contributed by atoms with van der Waals surface area (Å²) in [5.41, 5.74) is 0.758. The Hall–Kier alpha value is -1.73. The number of hydrogen-bond acceptors (Lipinski definition) is 3. The van der Waals surface area contributed by atoms with E-state index >= 15 is 0 Å². The Morgan fingerprint density at radius 3 is 2.41 bits per heavy atom. The Kier molecular flexibility index (Phi) is 4.67. The largest absolute Gasteiger partial charge is 0.310 e. The lowest BCUT2D eigenvalue weighted by molar-refractivity contribution is -0.115. The van der Waals surface area contributed by atoms with E-state index in [1.165, 1.54) is 0 Å². The second-order valence-corrected chi connectivity index (χ2v) is 7.99. The summed E-state index contributed by atoms with van der Waals surface area (Å²) in [6.45, 7) is 7.54. The molecule has 0 fully saturated rings. The van der Waals surface area contributed by atoms with Gasteiger partial charge in [0.15, 0.2) is 0 Å². The lowest BCUT2D eigenvalue weighted by Gasteiger charge is -2.29. The third-order valence-electron chi connectivity index (χ3n) is 4.08. The van der Waals surface area contributed by atoms with Crippen LogP contribution in [-0.4, -0.2) is 11.0 Å². The van der Waals surface area contributed by atoms with Gasteiger partial charge in [-0.25, -0.2) is 0 Å². The van der Waals surface area contributed by atoms with Crippen molar-refractivity contribution in [1.82, 2.24) is 0 Å². The third kappa shape index (κ3) is 3.20. The van der Waals surface area contributed by atoms with Crippen molar-refractivity contribution < 1.29 is 14.2 Å². The molecular formula is C18H21O3P. The number of allylic oxidation sites excluding steroid dienone is 4. The van der Waals surface area contributed by atoms with Crippen molar-refractivity contribution in [3.8, 4) is 0 Å². The molecule has 0 radical (unpaired) electrons. The van der Waals surface area contributed by atoms with Crippen molar-refractivity contribution in [2.24, 2.45) is 11.3 Å². The van der Waals surface area contributed by atoms with Gasteiger partial charge in [0.1, 0.15) is 0 Å². The van der Waals surface area contributed by atoms with E-state index in [0.29, 0.717) is 5.56 Å². The van der Waals surface area contributed by atoms with Crippen molar-refractivity contribution in [2.45, 2.75) is 27.7 Å². The van der Waals surface area contributed by atoms with Crippen molar-refractivity contribution in [1.29, 1.82) is 0 Å². The Balaban J connectivity index is 2.28. The molecule has 0 N–H and O–H groups in total. The van der Waals surface area contributed by atoms with Gasteiger partial charge in [0, 0.05) is 5.56 Å². The Morgan fingerprint density at radius 2 is 1.82 bits per heavy atom. The summed E-state index contributed by atoms with van der Waals surface area (Å²) >= 11 is 0. The van der Waals surface area contributed by atoms with Gasteiger partial charge in [0.2, 0.25) is 18.8 Å². The van der Waals surface area contributed by atoms with Crippen LogP contribution in [0.5, 0.6) is 0 Å². The van der Waals surface area contributed by atoms with E-state index in [4.69, 9.17) is 0 Å². The molecule has 2 rings (SSSR count). The minimum absolute atomic E-state index is 0.385. The fraction of sp³-hybridized carbons (Fsp3) is 0.333. The molecule has 4 heteroatoms. The molecule has 22 heavy (non-hydrogen) atoms. The SMILES string of the molecule is Cc1ccc(C(=O)[PH](=O)C(=O)C2C=CC=CC2(C)C)c(C)c1. The van der Waals surface area contributed by atoms with Crippen LogP contribution in [0.1, 0.15) is 35.3 Å². The van der Waals surface area contributed by atoms with E-state index in [1.807, 2.05) is 39.0 Å². The van der Waals surface area contributed by atoms with Gasteiger partial charge in [-0.3, -0.25) is 9.59 Å². The maximum Gasteiger partial charge on any atom is 0.226 e. The van der Waals surface area contributed by atoms with Gasteiger partial charge in [-0.05, 0) is 24.8 Å². The van der Waals surface area contributed by atoms with E-state index in [-0.39, 0.29) is 0 Å². The predicted molar refractivity (Wildman–Crippen MR) is 89.8 cm³/mol. The molecule has 1 aliphatic rings. The first-order valence-corrected chi connectivity index (χ1v) is 8.71. The van der Waals surface area contributed by atoms with Crippen LogP contribution in [0.15, 0.2) is 42.5 Å². The molecule has 1 aromatic rings. The molecule has 1 aromatic carbocycles. The highest BCUT2D eigenvalue weighted by molar-refractivity contribution is 7.79. The molecule has 116 valence electrons. The molecule has 3 nitrogen and oxygen atoms in total. The smallest absolute Gasteiger partial charge is 0.226 e. The van der Waals surface area contributed by atoms with Crippen molar-refractivity contribution >= 4 is 18.8 Å². The summed E-state index contributed by atoms with van der Waals surface area (Å²) < 4.78 is 12.5. The second kappa shape index (κ2) is 6.18. The first-order valence-electron chi connectivity index (χ1n) is 7.30. The highest BCUT2D eigenvalue weighted by Crippen LogP contribution is 2.41. The molecule has 0 aromatic heterocycles. The van der Waals surface area contributed by atoms with Gasteiger partial charge >= 0.3 is 0 Å². The van der Waals surface area contributed by atoms with Crippen molar-refractivity contribution in [3.05, 3.63) is 59.2 Å². The zero-order chi connectivity index (χ0) is 16.5. The van der Waals surface area contributed by atoms with Crippen LogP contribution in [0.3, 0.4) is 0 Å². The molecular weight excluding hydrogens is 295 g/mol. The highest BCUT2D eigenvalue weighted by atomic mass is 31.1. The van der Waals surface area contributed by atoms with Crippen LogP contribution in [0.4, 0.5) is 0 Å². The van der Waals surface area contributed by atoms with Gasteiger partial charge in [-0.2, -0.15) is 0 Å². The Labute approximate surface area is 131 Å². The normalized spacial score (nSPS) is 20.6. The number of hydrogen-bond donors (Lipinski definition) is 0. The summed E-state index contributed by atoms with van der Waals surface area (Å²) in [7, 11) is -3.01. The van der Waals surface area contributed by atoms with Crippen molar-refractivity contribution in [3.63, 3.8) is 0 Å². The number of aryl methyl sites for hydroxylation is 2. The van der Waals surface area contributed by atoms with Crippen LogP contribution < -0.4 is 0 Å². The third-order valence-corrected chi connectivity index (χ3v) is 5.52. The lowest BCUT2D eigenvalue weighted by atomic mass is 9.77.